The summed E-state index contributed by atoms with van der Waals surface area (Å²) in [7, 11) is 0. The predicted octanol–water partition coefficient (Wildman–Crippen LogP) is 2.39. The van der Waals surface area contributed by atoms with Crippen molar-refractivity contribution >= 4 is 0 Å². The highest BCUT2D eigenvalue weighted by atomic mass is 19.4. The molecule has 0 heterocycles. The van der Waals surface area contributed by atoms with Crippen LogP contribution < -0.4 is 10.6 Å². The van der Waals surface area contributed by atoms with Crippen LogP contribution in [0.4, 0.5) is 43.9 Å². The fourth-order valence-corrected chi connectivity index (χ4v) is 0.513. The molecule has 0 radical (unpaired) electrons. The minimum atomic E-state index is -6.15. The van der Waals surface area contributed by atoms with Gasteiger partial charge in [0.1, 0.15) is 0 Å². The van der Waals surface area contributed by atoms with Crippen LogP contribution in [-0.2, 0) is 0 Å². The first-order chi connectivity index (χ1) is 6.66. The van der Waals surface area contributed by atoms with E-state index in [-0.39, 0.29) is 0 Å². The van der Waals surface area contributed by atoms with E-state index in [0.29, 0.717) is 0 Å². The van der Waals surface area contributed by atoms with Crippen LogP contribution in [0.2, 0.25) is 0 Å². The largest absolute Gasteiger partial charge is 0.462 e. The van der Waals surface area contributed by atoms with Gasteiger partial charge in [-0.1, -0.05) is 0 Å². The van der Waals surface area contributed by atoms with E-state index in [2.05, 4.69) is 0 Å². The third-order valence-corrected chi connectivity index (χ3v) is 0.992. The SMILES string of the molecule is FC(F)(F)NC(F)(F)C(F)(F)NC(F)(F)F. The Bertz CT molecular complexity index is 212. The van der Waals surface area contributed by atoms with Gasteiger partial charge in [0.15, 0.2) is 0 Å². The summed E-state index contributed by atoms with van der Waals surface area (Å²) >= 11 is 0. The van der Waals surface area contributed by atoms with Gasteiger partial charge in [-0.2, -0.15) is 54.5 Å². The third kappa shape index (κ3) is 4.83. The number of hydrogen-bond acceptors (Lipinski definition) is 2. The number of alkyl halides is 10. The van der Waals surface area contributed by atoms with Gasteiger partial charge in [-0.3, -0.25) is 0 Å². The van der Waals surface area contributed by atoms with Gasteiger partial charge in [-0.05, 0) is 0 Å². The van der Waals surface area contributed by atoms with Crippen molar-refractivity contribution in [3.8, 4) is 0 Å². The molecule has 0 spiro atoms. The average molecular weight is 268 g/mol. The van der Waals surface area contributed by atoms with Crippen LogP contribution in [0.25, 0.3) is 0 Å². The number of hydrogen-bond donors (Lipinski definition) is 2. The lowest BCUT2D eigenvalue weighted by Gasteiger charge is -2.29. The van der Waals surface area contributed by atoms with E-state index >= 15 is 0 Å². The Morgan fingerprint density at radius 2 is 0.625 bits per heavy atom. The van der Waals surface area contributed by atoms with Crippen LogP contribution in [0, 0.1) is 0 Å². The molecule has 0 aromatic carbocycles. The molecule has 12 heteroatoms. The zero-order chi connectivity index (χ0) is 13.4. The number of nitrogens with one attached hydrogen (secondary N) is 2. The van der Waals surface area contributed by atoms with Crippen molar-refractivity contribution < 1.29 is 43.9 Å². The fourth-order valence-electron chi connectivity index (χ4n) is 0.513. The van der Waals surface area contributed by atoms with Gasteiger partial charge in [0.25, 0.3) is 0 Å². The monoisotopic (exact) mass is 268 g/mol. The van der Waals surface area contributed by atoms with Crippen molar-refractivity contribution in [1.29, 1.82) is 0 Å². The normalized spacial score (nSPS) is 15.4. The summed E-state index contributed by atoms with van der Waals surface area (Å²) in [4.78, 5) is 0. The molecule has 0 aromatic rings. The Morgan fingerprint density at radius 1 is 0.438 bits per heavy atom. The molecule has 0 aliphatic rings. The van der Waals surface area contributed by atoms with E-state index in [1.165, 1.54) is 0 Å². The van der Waals surface area contributed by atoms with Crippen LogP contribution in [0.15, 0.2) is 0 Å². The highest BCUT2D eigenvalue weighted by Gasteiger charge is 2.64. The lowest BCUT2D eigenvalue weighted by molar-refractivity contribution is -0.331. The molecule has 0 fully saturated rings. The molecule has 0 aliphatic carbocycles. The molecule has 2 nitrogen and oxygen atoms in total. The Labute approximate surface area is 80.6 Å². The van der Waals surface area contributed by atoms with Crippen molar-refractivity contribution in [2.24, 2.45) is 0 Å². The summed E-state index contributed by atoms with van der Waals surface area (Å²) in [5.74, 6) is 0. The molecular weight excluding hydrogens is 266 g/mol. The second kappa shape index (κ2) is 3.91. The summed E-state index contributed by atoms with van der Waals surface area (Å²) in [5, 5.41) is -1.78. The molecule has 98 valence electrons. The lowest BCUT2D eigenvalue weighted by atomic mass is 10.4. The summed E-state index contributed by atoms with van der Waals surface area (Å²) in [6.45, 7) is 0. The summed E-state index contributed by atoms with van der Waals surface area (Å²) < 4.78 is 116. The van der Waals surface area contributed by atoms with Gasteiger partial charge in [-0.25, -0.2) is 0 Å². The van der Waals surface area contributed by atoms with Gasteiger partial charge in [0, 0.05) is 0 Å². The van der Waals surface area contributed by atoms with Crippen LogP contribution >= 0.6 is 0 Å². The van der Waals surface area contributed by atoms with Gasteiger partial charge in [0.05, 0.1) is 0 Å². The maximum Gasteiger partial charge on any atom is 0.462 e. The van der Waals surface area contributed by atoms with Crippen LogP contribution in [0.3, 0.4) is 0 Å². The number of halogens is 10. The molecule has 0 amide bonds. The van der Waals surface area contributed by atoms with Crippen molar-refractivity contribution in [2.45, 2.75) is 24.7 Å². The van der Waals surface area contributed by atoms with Crippen LogP contribution in [0.5, 0.6) is 0 Å². The summed E-state index contributed by atoms with van der Waals surface area (Å²) in [6.07, 6.45) is -11.9. The zero-order valence-corrected chi connectivity index (χ0v) is 6.78. The highest BCUT2D eigenvalue weighted by molar-refractivity contribution is 4.82. The molecule has 0 bridgehead atoms. The third-order valence-electron chi connectivity index (χ3n) is 0.992. The van der Waals surface area contributed by atoms with Crippen molar-refractivity contribution in [2.75, 3.05) is 0 Å². The standard InChI is InChI=1S/C4H2F10N2/c5-1(6,15-3(9,10)11)2(7,8)16-4(12,13)14/h15-16H. The van der Waals surface area contributed by atoms with Crippen LogP contribution in [0.1, 0.15) is 0 Å². The molecule has 16 heavy (non-hydrogen) atoms. The van der Waals surface area contributed by atoms with Crippen LogP contribution in [-0.4, -0.2) is 24.7 Å². The smallest absolute Gasteiger partial charge is 0.180 e. The minimum Gasteiger partial charge on any atom is -0.180 e. The molecule has 0 atom stereocenters. The van der Waals surface area contributed by atoms with Gasteiger partial charge in [-0.15, -0.1) is 0 Å². The quantitative estimate of drug-likeness (QED) is 0.606. The molecular formula is C4H2F10N2. The molecule has 0 aromatic heterocycles. The zero-order valence-electron chi connectivity index (χ0n) is 6.78. The molecule has 2 N–H and O–H groups in total. The second-order valence-corrected chi connectivity index (χ2v) is 2.39. The first-order valence-corrected chi connectivity index (χ1v) is 3.14. The fraction of sp³-hybridized carbons (Fsp3) is 1.00. The van der Waals surface area contributed by atoms with E-state index in [9.17, 15) is 43.9 Å². The molecule has 0 saturated heterocycles. The molecule has 0 rings (SSSR count). The Kier molecular flexibility index (Phi) is 3.72. The lowest BCUT2D eigenvalue weighted by Crippen LogP contribution is -2.65. The van der Waals surface area contributed by atoms with E-state index in [1.807, 2.05) is 0 Å². The van der Waals surface area contributed by atoms with E-state index < -0.39 is 35.3 Å². The second-order valence-electron chi connectivity index (χ2n) is 2.39. The van der Waals surface area contributed by atoms with Crippen molar-refractivity contribution in [3.63, 3.8) is 0 Å². The average Bonchev–Trinajstić information content (AvgIpc) is 1.72. The Hall–Kier alpha value is -0.780. The summed E-state index contributed by atoms with van der Waals surface area (Å²) in [5.41, 5.74) is 0. The molecule has 0 aliphatic heterocycles. The van der Waals surface area contributed by atoms with Gasteiger partial charge < -0.3 is 0 Å². The first-order valence-electron chi connectivity index (χ1n) is 3.14. The molecule has 0 unspecified atom stereocenters. The van der Waals surface area contributed by atoms with Crippen molar-refractivity contribution in [1.82, 2.24) is 10.6 Å². The molecule has 0 saturated carbocycles. The van der Waals surface area contributed by atoms with Crippen molar-refractivity contribution in [3.05, 3.63) is 0 Å². The number of rotatable bonds is 3. The van der Waals surface area contributed by atoms with E-state index in [1.54, 1.807) is 0 Å². The minimum absolute atomic E-state index is 0.888. The summed E-state index contributed by atoms with van der Waals surface area (Å²) in [6, 6.07) is -12.3. The maximum absolute atomic E-state index is 12.1. The van der Waals surface area contributed by atoms with Gasteiger partial charge in [0.2, 0.25) is 0 Å². The predicted molar refractivity (Wildman–Crippen MR) is 28.3 cm³/mol. The van der Waals surface area contributed by atoms with E-state index in [0.717, 1.165) is 0 Å². The maximum atomic E-state index is 12.1. The topological polar surface area (TPSA) is 24.1 Å². The Balaban J connectivity index is 4.85. The van der Waals surface area contributed by atoms with E-state index in [4.69, 9.17) is 0 Å². The van der Waals surface area contributed by atoms with Gasteiger partial charge >= 0.3 is 24.7 Å². The highest BCUT2D eigenvalue weighted by Crippen LogP contribution is 2.34. The Morgan fingerprint density at radius 3 is 0.750 bits per heavy atom. The first kappa shape index (κ1) is 15.2.